The summed E-state index contributed by atoms with van der Waals surface area (Å²) < 4.78 is 0. The van der Waals surface area contributed by atoms with E-state index in [1.807, 2.05) is 30.5 Å². The van der Waals surface area contributed by atoms with Crippen LogP contribution in [0.1, 0.15) is 10.4 Å². The van der Waals surface area contributed by atoms with Gasteiger partial charge in [-0.3, -0.25) is 15.7 Å². The van der Waals surface area contributed by atoms with Crippen LogP contribution in [0.3, 0.4) is 0 Å². The van der Waals surface area contributed by atoms with Crippen molar-refractivity contribution in [2.75, 3.05) is 6.26 Å². The molecular formula is C17H20N2O4SSc-2. The van der Waals surface area contributed by atoms with Crippen molar-refractivity contribution < 1.29 is 41.6 Å². The Morgan fingerprint density at radius 3 is 2.32 bits per heavy atom. The zero-order valence-electron chi connectivity index (χ0n) is 13.7. The second-order valence-electron chi connectivity index (χ2n) is 4.62. The first kappa shape index (κ1) is 25.8. The molecule has 2 aromatic rings. The van der Waals surface area contributed by atoms with E-state index in [9.17, 15) is 9.59 Å². The van der Waals surface area contributed by atoms with Gasteiger partial charge in [0.1, 0.15) is 5.56 Å². The molecule has 0 aliphatic heterocycles. The van der Waals surface area contributed by atoms with Crippen LogP contribution in [0.5, 0.6) is 0 Å². The number of aromatic amines is 1. The number of benzene rings is 1. The summed E-state index contributed by atoms with van der Waals surface area (Å²) >= 11 is 1.65. The zero-order valence-corrected chi connectivity index (χ0v) is 16.3. The number of carbonyl (C=O) groups excluding carboxylic acids is 1. The van der Waals surface area contributed by atoms with E-state index < -0.39 is 17.5 Å². The molecule has 8 heteroatoms. The van der Waals surface area contributed by atoms with Gasteiger partial charge in [-0.25, -0.2) is 0 Å². The third kappa shape index (κ3) is 6.74. The summed E-state index contributed by atoms with van der Waals surface area (Å²) in [5, 5.41) is 2.51. The molecule has 6 nitrogen and oxygen atoms in total. The van der Waals surface area contributed by atoms with Gasteiger partial charge in [0.15, 0.2) is 0 Å². The Hall–Kier alpha value is -1.48. The summed E-state index contributed by atoms with van der Waals surface area (Å²) in [6.45, 7) is 8.88. The fourth-order valence-corrected chi connectivity index (χ4v) is 2.29. The van der Waals surface area contributed by atoms with E-state index in [1.165, 1.54) is 12.1 Å². The molecule has 0 saturated heterocycles. The molecule has 1 atom stereocenters. The van der Waals surface area contributed by atoms with Crippen LogP contribution >= 0.6 is 11.8 Å². The maximum Gasteiger partial charge on any atom is 0.261 e. The molecule has 1 aromatic heterocycles. The number of aromatic nitrogens is 1. The summed E-state index contributed by atoms with van der Waals surface area (Å²) in [5.74, 6) is -0.507. The van der Waals surface area contributed by atoms with Crippen molar-refractivity contribution in [2.24, 2.45) is 0 Å². The van der Waals surface area contributed by atoms with Crippen LogP contribution in [-0.4, -0.2) is 34.1 Å². The van der Waals surface area contributed by atoms with Gasteiger partial charge in [0.05, 0.1) is 0 Å². The van der Waals surface area contributed by atoms with Crippen molar-refractivity contribution in [3.8, 4) is 11.3 Å². The Kier molecular flexibility index (Phi) is 12.3. The number of rotatable bonds is 5. The van der Waals surface area contributed by atoms with Crippen LogP contribution in [-0.2, 0) is 25.8 Å². The molecule has 2 rings (SSSR count). The third-order valence-electron chi connectivity index (χ3n) is 3.10. The normalized spacial score (nSPS) is 10.3. The number of nitrogens with one attached hydrogen (secondary N) is 2. The van der Waals surface area contributed by atoms with E-state index in [1.54, 1.807) is 17.8 Å². The first-order valence-electron chi connectivity index (χ1n) is 6.62. The van der Waals surface area contributed by atoms with E-state index in [0.29, 0.717) is 5.69 Å². The number of thioether (sulfide) groups is 1. The molecule has 0 unspecified atom stereocenters. The summed E-state index contributed by atoms with van der Waals surface area (Å²) in [6, 6.07) is 10.4. The maximum atomic E-state index is 12.1. The molecule has 0 saturated carbocycles. The smallest absolute Gasteiger partial charge is 0.261 e. The Bertz CT molecular complexity index is 747. The molecule has 6 N–H and O–H groups in total. The van der Waals surface area contributed by atoms with E-state index in [2.05, 4.69) is 17.2 Å². The second-order valence-corrected chi connectivity index (χ2v) is 5.50. The zero-order chi connectivity index (χ0) is 16.1. The summed E-state index contributed by atoms with van der Waals surface area (Å²) in [5.41, 5.74) is 1.12. The van der Waals surface area contributed by atoms with Crippen molar-refractivity contribution in [2.45, 2.75) is 10.9 Å². The van der Waals surface area contributed by atoms with Gasteiger partial charge in [0.25, 0.3) is 11.5 Å². The summed E-state index contributed by atoms with van der Waals surface area (Å²) in [6.07, 6.45) is 3.24. The van der Waals surface area contributed by atoms with Gasteiger partial charge in [-0.05, 0) is 36.1 Å². The number of hydrogen-bond acceptors (Lipinski definition) is 3. The molecular weight excluding hydrogens is 373 g/mol. The predicted octanol–water partition coefficient (Wildman–Crippen LogP) is 1.03. The SMILES string of the molecule is O.O.[CH-]=C[C@H]([CH2-])NC(=O)c1ccc(-c2ccc(SC)cc2)[nH]c1=O.[Sc]. The van der Waals surface area contributed by atoms with E-state index in [-0.39, 0.29) is 42.4 Å². The molecule has 1 heterocycles. The van der Waals surface area contributed by atoms with E-state index in [4.69, 9.17) is 6.58 Å². The molecule has 1 amide bonds. The van der Waals surface area contributed by atoms with Gasteiger partial charge in [0, 0.05) is 36.4 Å². The largest absolute Gasteiger partial charge is 0.519 e. The fraction of sp³-hybridized carbons (Fsp3) is 0.118. The number of H-pyrrole nitrogens is 1. The number of amides is 1. The topological polar surface area (TPSA) is 125 Å². The third-order valence-corrected chi connectivity index (χ3v) is 3.85. The van der Waals surface area contributed by atoms with Crippen LogP contribution in [0.4, 0.5) is 0 Å². The van der Waals surface area contributed by atoms with Gasteiger partial charge in [-0.15, -0.1) is 17.8 Å². The Labute approximate surface area is 169 Å². The minimum atomic E-state index is -0.550. The Morgan fingerprint density at radius 2 is 1.84 bits per heavy atom. The van der Waals surface area contributed by atoms with E-state index in [0.717, 1.165) is 10.5 Å². The van der Waals surface area contributed by atoms with Gasteiger partial charge < -0.3 is 34.8 Å². The fourth-order valence-electron chi connectivity index (χ4n) is 1.89. The van der Waals surface area contributed by atoms with Crippen molar-refractivity contribution >= 4 is 17.7 Å². The van der Waals surface area contributed by atoms with Crippen LogP contribution in [0.15, 0.2) is 52.2 Å². The summed E-state index contributed by atoms with van der Waals surface area (Å²) in [7, 11) is 0. The first-order chi connectivity index (χ1) is 10.5. The maximum absolute atomic E-state index is 12.1. The molecule has 0 spiro atoms. The van der Waals surface area contributed by atoms with Crippen LogP contribution in [0.2, 0.25) is 0 Å². The Balaban J connectivity index is 0. The molecule has 133 valence electrons. The minimum absolute atomic E-state index is 0. The number of hydrogen-bond donors (Lipinski definition) is 2. The average Bonchev–Trinajstić information content (AvgIpc) is 2.54. The van der Waals surface area contributed by atoms with Crippen LogP contribution in [0.25, 0.3) is 11.3 Å². The molecule has 0 aliphatic carbocycles. The molecule has 0 aliphatic rings. The molecule has 1 radical (unpaired) electrons. The van der Waals surface area contributed by atoms with Crippen molar-refractivity contribution in [1.82, 2.24) is 10.3 Å². The predicted molar refractivity (Wildman–Crippen MR) is 97.0 cm³/mol. The molecule has 1 aromatic carbocycles. The molecule has 25 heavy (non-hydrogen) atoms. The van der Waals surface area contributed by atoms with Crippen molar-refractivity contribution in [3.63, 3.8) is 0 Å². The minimum Gasteiger partial charge on any atom is -0.519 e. The van der Waals surface area contributed by atoms with Gasteiger partial charge in [-0.1, -0.05) is 12.1 Å². The van der Waals surface area contributed by atoms with Crippen molar-refractivity contribution in [3.05, 3.63) is 71.9 Å². The van der Waals surface area contributed by atoms with E-state index >= 15 is 0 Å². The van der Waals surface area contributed by atoms with Crippen molar-refractivity contribution in [1.29, 1.82) is 0 Å². The first-order valence-corrected chi connectivity index (χ1v) is 7.84. The van der Waals surface area contributed by atoms with Gasteiger partial charge >= 0.3 is 0 Å². The number of carbonyl (C=O) groups is 1. The van der Waals surface area contributed by atoms with Gasteiger partial charge in [0.2, 0.25) is 0 Å². The Morgan fingerprint density at radius 1 is 1.24 bits per heavy atom. The average molecular weight is 393 g/mol. The van der Waals surface area contributed by atoms with Gasteiger partial charge in [-0.2, -0.15) is 0 Å². The van der Waals surface area contributed by atoms with Crippen LogP contribution in [0, 0.1) is 13.5 Å². The number of pyridine rings is 1. The molecule has 0 bridgehead atoms. The monoisotopic (exact) mass is 393 g/mol. The molecule has 0 fully saturated rings. The summed E-state index contributed by atoms with van der Waals surface area (Å²) in [4.78, 5) is 27.8. The quantitative estimate of drug-likeness (QED) is 0.582. The van der Waals surface area contributed by atoms with Crippen LogP contribution < -0.4 is 10.9 Å². The second kappa shape index (κ2) is 12.0. The standard InChI is InChI=1S/C17H16N2O2S.2H2O.Sc/c1-4-11(2)18-16(20)14-9-10-15(19-17(14)21)12-5-7-13(22-3)8-6-12;;;/h1,4-11H,2H2,3H3,(H,18,20)(H,19,21);2*1H2;/q-2;;;/t11-;;;/m0.../s1.